The molecule has 7 nitrogen and oxygen atoms in total. The highest BCUT2D eigenvalue weighted by Crippen LogP contribution is 2.30. The minimum atomic E-state index is -0.880. The standard InChI is InChI=1S/C21H22BrN5O2S/c1-21(2,3)14-6-4-13(5-7-14)18-25-26-20(30-12-17(28)24-19(23)29)27(18)16-10-8-15(22)9-11-16/h4-11H,12H2,1-3H3,(H3,23,24,28,29). The zero-order chi connectivity index (χ0) is 21.9. The molecule has 9 heteroatoms. The number of carbonyl (C=O) groups is 2. The van der Waals surface area contributed by atoms with E-state index in [-0.39, 0.29) is 11.2 Å². The van der Waals surface area contributed by atoms with Crippen molar-refractivity contribution in [2.45, 2.75) is 31.3 Å². The van der Waals surface area contributed by atoms with Crippen LogP contribution in [0, 0.1) is 0 Å². The van der Waals surface area contributed by atoms with Gasteiger partial charge in [0, 0.05) is 15.7 Å². The average molecular weight is 488 g/mol. The average Bonchev–Trinajstić information content (AvgIpc) is 3.10. The van der Waals surface area contributed by atoms with Gasteiger partial charge < -0.3 is 5.73 Å². The SMILES string of the molecule is CC(C)(C)c1ccc(-c2nnc(SCC(=O)NC(N)=O)n2-c2ccc(Br)cc2)cc1. The van der Waals surface area contributed by atoms with Crippen molar-refractivity contribution in [1.29, 1.82) is 0 Å². The van der Waals surface area contributed by atoms with Crippen molar-refractivity contribution >= 4 is 39.6 Å². The third-order valence-electron chi connectivity index (χ3n) is 4.32. The second-order valence-electron chi connectivity index (χ2n) is 7.65. The van der Waals surface area contributed by atoms with Crippen LogP contribution in [0.1, 0.15) is 26.3 Å². The highest BCUT2D eigenvalue weighted by molar-refractivity contribution is 9.10. The van der Waals surface area contributed by atoms with Crippen LogP contribution in [0.25, 0.3) is 17.1 Å². The molecular formula is C21H22BrN5O2S. The lowest BCUT2D eigenvalue weighted by Crippen LogP contribution is -2.36. The van der Waals surface area contributed by atoms with Gasteiger partial charge in [0.15, 0.2) is 11.0 Å². The molecule has 1 aromatic heterocycles. The van der Waals surface area contributed by atoms with Crippen molar-refractivity contribution in [2.75, 3.05) is 5.75 Å². The maximum atomic E-state index is 11.8. The zero-order valence-corrected chi connectivity index (χ0v) is 19.3. The van der Waals surface area contributed by atoms with Crippen LogP contribution in [0.3, 0.4) is 0 Å². The van der Waals surface area contributed by atoms with E-state index < -0.39 is 11.9 Å². The van der Waals surface area contributed by atoms with E-state index in [2.05, 4.69) is 64.3 Å². The van der Waals surface area contributed by atoms with Crippen molar-refractivity contribution < 1.29 is 9.59 Å². The number of thioether (sulfide) groups is 1. The summed E-state index contributed by atoms with van der Waals surface area (Å²) in [5, 5.41) is 11.2. The van der Waals surface area contributed by atoms with Gasteiger partial charge in [-0.05, 0) is 35.2 Å². The molecule has 0 aliphatic heterocycles. The van der Waals surface area contributed by atoms with E-state index in [0.29, 0.717) is 11.0 Å². The lowest BCUT2D eigenvalue weighted by Gasteiger charge is -2.19. The largest absolute Gasteiger partial charge is 0.351 e. The molecule has 0 aliphatic rings. The summed E-state index contributed by atoms with van der Waals surface area (Å²) in [4.78, 5) is 22.7. The fourth-order valence-electron chi connectivity index (χ4n) is 2.80. The van der Waals surface area contributed by atoms with Gasteiger partial charge in [-0.25, -0.2) is 4.79 Å². The Labute approximate surface area is 187 Å². The highest BCUT2D eigenvalue weighted by atomic mass is 79.9. The van der Waals surface area contributed by atoms with Crippen LogP contribution in [-0.4, -0.2) is 32.5 Å². The Bertz CT molecular complexity index is 1060. The summed E-state index contributed by atoms with van der Waals surface area (Å²) in [6.07, 6.45) is 0. The molecule has 0 atom stereocenters. The van der Waals surface area contributed by atoms with Gasteiger partial charge >= 0.3 is 6.03 Å². The number of amides is 3. The van der Waals surface area contributed by atoms with E-state index in [1.165, 1.54) is 17.3 Å². The fourth-order valence-corrected chi connectivity index (χ4v) is 3.81. The molecule has 0 saturated heterocycles. The van der Waals surface area contributed by atoms with Crippen LogP contribution in [0.15, 0.2) is 58.2 Å². The Balaban J connectivity index is 1.99. The molecule has 3 rings (SSSR count). The van der Waals surface area contributed by atoms with Crippen molar-refractivity contribution in [3.63, 3.8) is 0 Å². The van der Waals surface area contributed by atoms with Gasteiger partial charge in [0.2, 0.25) is 5.91 Å². The number of urea groups is 1. The van der Waals surface area contributed by atoms with Gasteiger partial charge in [-0.3, -0.25) is 14.7 Å². The van der Waals surface area contributed by atoms with Gasteiger partial charge in [-0.2, -0.15) is 0 Å². The predicted octanol–water partition coefficient (Wildman–Crippen LogP) is 4.28. The van der Waals surface area contributed by atoms with Crippen molar-refractivity contribution in [2.24, 2.45) is 5.73 Å². The zero-order valence-electron chi connectivity index (χ0n) is 16.8. The first kappa shape index (κ1) is 22.0. The summed E-state index contributed by atoms with van der Waals surface area (Å²) in [6, 6.07) is 15.1. The summed E-state index contributed by atoms with van der Waals surface area (Å²) in [5.74, 6) is 0.158. The third kappa shape index (κ3) is 5.28. The summed E-state index contributed by atoms with van der Waals surface area (Å²) in [7, 11) is 0. The van der Waals surface area contributed by atoms with Gasteiger partial charge in [0.1, 0.15) is 0 Å². The Morgan fingerprint density at radius 2 is 1.70 bits per heavy atom. The van der Waals surface area contributed by atoms with Gasteiger partial charge in [0.25, 0.3) is 0 Å². The maximum Gasteiger partial charge on any atom is 0.318 e. The summed E-state index contributed by atoms with van der Waals surface area (Å²) < 4.78 is 2.84. The number of imide groups is 1. The predicted molar refractivity (Wildman–Crippen MR) is 122 cm³/mol. The number of hydrogen-bond acceptors (Lipinski definition) is 5. The van der Waals surface area contributed by atoms with E-state index in [9.17, 15) is 9.59 Å². The Morgan fingerprint density at radius 3 is 2.27 bits per heavy atom. The molecule has 2 aromatic carbocycles. The molecule has 0 saturated carbocycles. The highest BCUT2D eigenvalue weighted by Gasteiger charge is 2.19. The normalized spacial score (nSPS) is 11.3. The molecular weight excluding hydrogens is 466 g/mol. The van der Waals surface area contributed by atoms with Crippen LogP contribution in [0.5, 0.6) is 0 Å². The number of nitrogens with one attached hydrogen (secondary N) is 1. The second-order valence-corrected chi connectivity index (χ2v) is 9.50. The molecule has 0 aliphatic carbocycles. The molecule has 3 amide bonds. The lowest BCUT2D eigenvalue weighted by atomic mass is 9.87. The van der Waals surface area contributed by atoms with Gasteiger partial charge in [-0.1, -0.05) is 72.7 Å². The number of benzene rings is 2. The lowest BCUT2D eigenvalue weighted by molar-refractivity contribution is -0.117. The Morgan fingerprint density at radius 1 is 1.07 bits per heavy atom. The molecule has 0 fully saturated rings. The van der Waals surface area contributed by atoms with Gasteiger partial charge in [0.05, 0.1) is 5.75 Å². The number of nitrogens with zero attached hydrogens (tertiary/aromatic N) is 3. The monoisotopic (exact) mass is 487 g/mol. The van der Waals surface area contributed by atoms with E-state index in [4.69, 9.17) is 5.73 Å². The smallest absolute Gasteiger partial charge is 0.318 e. The molecule has 3 N–H and O–H groups in total. The molecule has 156 valence electrons. The second kappa shape index (κ2) is 9.01. The van der Waals surface area contributed by atoms with Crippen molar-refractivity contribution in [3.8, 4) is 17.1 Å². The maximum absolute atomic E-state index is 11.8. The first-order valence-electron chi connectivity index (χ1n) is 9.19. The van der Waals surface area contributed by atoms with E-state index in [0.717, 1.165) is 15.7 Å². The van der Waals surface area contributed by atoms with Crippen LogP contribution >= 0.6 is 27.7 Å². The number of aromatic nitrogens is 3. The molecule has 1 heterocycles. The van der Waals surface area contributed by atoms with Crippen LogP contribution in [0.2, 0.25) is 0 Å². The number of carbonyl (C=O) groups excluding carboxylic acids is 2. The molecule has 0 bridgehead atoms. The minimum Gasteiger partial charge on any atom is -0.351 e. The van der Waals surface area contributed by atoms with Crippen molar-refractivity contribution in [3.05, 3.63) is 58.6 Å². The fraction of sp³-hybridized carbons (Fsp3) is 0.238. The number of nitrogens with two attached hydrogens (primary N) is 1. The van der Waals surface area contributed by atoms with Gasteiger partial charge in [-0.15, -0.1) is 10.2 Å². The first-order valence-corrected chi connectivity index (χ1v) is 11.0. The first-order chi connectivity index (χ1) is 14.1. The summed E-state index contributed by atoms with van der Waals surface area (Å²) in [6.45, 7) is 6.49. The number of hydrogen-bond donors (Lipinski definition) is 2. The topological polar surface area (TPSA) is 103 Å². The molecule has 0 unspecified atom stereocenters. The van der Waals surface area contributed by atoms with Crippen LogP contribution in [-0.2, 0) is 10.2 Å². The van der Waals surface area contributed by atoms with E-state index in [1.54, 1.807) is 0 Å². The Kier molecular flexibility index (Phi) is 6.62. The number of primary amides is 1. The third-order valence-corrected chi connectivity index (χ3v) is 5.78. The summed E-state index contributed by atoms with van der Waals surface area (Å²) >= 11 is 4.62. The number of halogens is 1. The summed E-state index contributed by atoms with van der Waals surface area (Å²) in [5.41, 5.74) is 8.04. The molecule has 3 aromatic rings. The quantitative estimate of drug-likeness (QED) is 0.522. The van der Waals surface area contributed by atoms with E-state index in [1.807, 2.05) is 41.0 Å². The molecule has 30 heavy (non-hydrogen) atoms. The Hall–Kier alpha value is -2.65. The van der Waals surface area contributed by atoms with E-state index >= 15 is 0 Å². The minimum absolute atomic E-state index is 0.0133. The molecule has 0 spiro atoms. The van der Waals surface area contributed by atoms with Crippen LogP contribution < -0.4 is 11.1 Å². The number of rotatable bonds is 5. The molecule has 0 radical (unpaired) electrons. The van der Waals surface area contributed by atoms with Crippen molar-refractivity contribution in [1.82, 2.24) is 20.1 Å². The van der Waals surface area contributed by atoms with Crippen LogP contribution in [0.4, 0.5) is 4.79 Å².